The van der Waals surface area contributed by atoms with Crippen LogP contribution in [0.2, 0.25) is 0 Å². The number of morpholine rings is 1. The van der Waals surface area contributed by atoms with Gasteiger partial charge in [0.15, 0.2) is 0 Å². The average molecular weight is 186 g/mol. The molecule has 74 valence electrons. The number of hydrogen-bond donors (Lipinski definition) is 1. The van der Waals surface area contributed by atoms with Crippen molar-refractivity contribution in [2.24, 2.45) is 5.73 Å². The molecule has 0 aromatic heterocycles. The van der Waals surface area contributed by atoms with Crippen LogP contribution in [0.4, 0.5) is 0 Å². The van der Waals surface area contributed by atoms with Gasteiger partial charge in [-0.25, -0.2) is 0 Å². The van der Waals surface area contributed by atoms with Crippen LogP contribution in [0.5, 0.6) is 0 Å². The Bertz CT molecular complexity index is 217. The highest BCUT2D eigenvalue weighted by Crippen LogP contribution is 2.09. The molecule has 0 radical (unpaired) electrons. The van der Waals surface area contributed by atoms with E-state index in [1.165, 1.54) is 4.90 Å². The van der Waals surface area contributed by atoms with E-state index < -0.39 is 12.0 Å². The second-order valence-electron chi connectivity index (χ2n) is 2.99. The molecule has 0 bridgehead atoms. The third-order valence-corrected chi connectivity index (χ3v) is 1.98. The number of rotatable bonds is 3. The maximum Gasteiger partial charge on any atom is 0.252 e. The maximum absolute atomic E-state index is 11.5. The molecule has 0 unspecified atom stereocenters. The third-order valence-electron chi connectivity index (χ3n) is 1.98. The molecular weight excluding hydrogens is 172 g/mol. The SMILES string of the molecule is CC[C@H]1OCCN(CC(N)=O)C1=O. The molecule has 1 atom stereocenters. The lowest BCUT2D eigenvalue weighted by molar-refractivity contribution is -0.154. The smallest absolute Gasteiger partial charge is 0.252 e. The molecule has 1 heterocycles. The van der Waals surface area contributed by atoms with Gasteiger partial charge in [-0.1, -0.05) is 6.92 Å². The highest BCUT2D eigenvalue weighted by Gasteiger charge is 2.28. The predicted molar refractivity (Wildman–Crippen MR) is 45.8 cm³/mol. The second kappa shape index (κ2) is 4.23. The fraction of sp³-hybridized carbons (Fsp3) is 0.750. The Morgan fingerprint density at radius 2 is 2.46 bits per heavy atom. The molecule has 13 heavy (non-hydrogen) atoms. The van der Waals surface area contributed by atoms with Crippen molar-refractivity contribution in [3.8, 4) is 0 Å². The van der Waals surface area contributed by atoms with E-state index in [2.05, 4.69) is 0 Å². The molecule has 1 aliphatic rings. The highest BCUT2D eigenvalue weighted by atomic mass is 16.5. The van der Waals surface area contributed by atoms with Crippen LogP contribution in [0.3, 0.4) is 0 Å². The first kappa shape index (κ1) is 9.98. The number of hydrogen-bond acceptors (Lipinski definition) is 3. The minimum atomic E-state index is -0.481. The molecule has 1 fully saturated rings. The molecule has 1 aliphatic heterocycles. The van der Waals surface area contributed by atoms with E-state index in [1.807, 2.05) is 6.92 Å². The van der Waals surface area contributed by atoms with Gasteiger partial charge in [-0.15, -0.1) is 0 Å². The number of carbonyl (C=O) groups excluding carboxylic acids is 2. The van der Waals surface area contributed by atoms with Crippen molar-refractivity contribution >= 4 is 11.8 Å². The number of amides is 2. The van der Waals surface area contributed by atoms with Gasteiger partial charge in [-0.05, 0) is 6.42 Å². The summed E-state index contributed by atoms with van der Waals surface area (Å²) < 4.78 is 5.21. The summed E-state index contributed by atoms with van der Waals surface area (Å²) in [7, 11) is 0. The standard InChI is InChI=1S/C8H14N2O3/c1-2-6-8(12)10(3-4-13-6)5-7(9)11/h6H,2-5H2,1H3,(H2,9,11)/t6-/m1/s1. The van der Waals surface area contributed by atoms with Crippen molar-refractivity contribution in [2.45, 2.75) is 19.4 Å². The van der Waals surface area contributed by atoms with E-state index >= 15 is 0 Å². The summed E-state index contributed by atoms with van der Waals surface area (Å²) in [6.45, 7) is 2.81. The molecule has 0 aliphatic carbocycles. The number of ether oxygens (including phenoxy) is 1. The molecule has 1 saturated heterocycles. The van der Waals surface area contributed by atoms with Crippen molar-refractivity contribution in [1.29, 1.82) is 0 Å². The molecular formula is C8H14N2O3. The Hall–Kier alpha value is -1.10. The molecule has 5 heteroatoms. The number of carbonyl (C=O) groups is 2. The van der Waals surface area contributed by atoms with Crippen molar-refractivity contribution in [2.75, 3.05) is 19.7 Å². The third kappa shape index (κ3) is 2.42. The lowest BCUT2D eigenvalue weighted by atomic mass is 10.2. The van der Waals surface area contributed by atoms with Gasteiger partial charge in [0.05, 0.1) is 13.2 Å². The minimum Gasteiger partial charge on any atom is -0.368 e. The Labute approximate surface area is 76.8 Å². The Balaban J connectivity index is 2.54. The molecule has 0 saturated carbocycles. The zero-order valence-corrected chi connectivity index (χ0v) is 7.66. The summed E-state index contributed by atoms with van der Waals surface area (Å²) in [6.07, 6.45) is 0.238. The lowest BCUT2D eigenvalue weighted by Gasteiger charge is -2.30. The van der Waals surface area contributed by atoms with Gasteiger partial charge in [-0.2, -0.15) is 0 Å². The fourth-order valence-electron chi connectivity index (χ4n) is 1.33. The van der Waals surface area contributed by atoms with E-state index in [1.54, 1.807) is 0 Å². The van der Waals surface area contributed by atoms with Gasteiger partial charge in [0.25, 0.3) is 5.91 Å². The molecule has 0 aromatic rings. The molecule has 0 spiro atoms. The molecule has 5 nitrogen and oxygen atoms in total. The first-order valence-corrected chi connectivity index (χ1v) is 4.33. The van der Waals surface area contributed by atoms with Crippen LogP contribution in [0, 0.1) is 0 Å². The van der Waals surface area contributed by atoms with Crippen LogP contribution < -0.4 is 5.73 Å². The van der Waals surface area contributed by atoms with Crippen LogP contribution in [0.15, 0.2) is 0 Å². The first-order valence-electron chi connectivity index (χ1n) is 4.33. The molecule has 0 aromatic carbocycles. The predicted octanol–water partition coefficient (Wildman–Crippen LogP) is -0.891. The monoisotopic (exact) mass is 186 g/mol. The topological polar surface area (TPSA) is 72.6 Å². The van der Waals surface area contributed by atoms with Gasteiger partial charge in [0, 0.05) is 6.54 Å². The Morgan fingerprint density at radius 3 is 3.00 bits per heavy atom. The van der Waals surface area contributed by atoms with Gasteiger partial charge >= 0.3 is 0 Å². The summed E-state index contributed by atoms with van der Waals surface area (Å²) in [6, 6.07) is 0. The minimum absolute atomic E-state index is 0.00130. The van der Waals surface area contributed by atoms with Gasteiger partial charge in [-0.3, -0.25) is 9.59 Å². The summed E-state index contributed by atoms with van der Waals surface area (Å²) in [5.41, 5.74) is 5.00. The van der Waals surface area contributed by atoms with Gasteiger partial charge in [0.1, 0.15) is 6.10 Å². The quantitative estimate of drug-likeness (QED) is 0.621. The number of nitrogens with zero attached hydrogens (tertiary/aromatic N) is 1. The number of nitrogens with two attached hydrogens (primary N) is 1. The van der Waals surface area contributed by atoms with Crippen molar-refractivity contribution in [3.05, 3.63) is 0 Å². The summed E-state index contributed by atoms with van der Waals surface area (Å²) in [5.74, 6) is -0.613. The molecule has 1 rings (SSSR count). The Kier molecular flexibility index (Phi) is 3.25. The average Bonchev–Trinajstić information content (AvgIpc) is 2.08. The highest BCUT2D eigenvalue weighted by molar-refractivity contribution is 5.86. The van der Waals surface area contributed by atoms with Crippen molar-refractivity contribution < 1.29 is 14.3 Å². The summed E-state index contributed by atoms with van der Waals surface area (Å²) in [5, 5.41) is 0. The van der Waals surface area contributed by atoms with Crippen molar-refractivity contribution in [3.63, 3.8) is 0 Å². The summed E-state index contributed by atoms with van der Waals surface area (Å²) >= 11 is 0. The van der Waals surface area contributed by atoms with Crippen LogP contribution in [-0.4, -0.2) is 42.5 Å². The van der Waals surface area contributed by atoms with E-state index in [9.17, 15) is 9.59 Å². The van der Waals surface area contributed by atoms with E-state index in [0.29, 0.717) is 19.6 Å². The zero-order valence-electron chi connectivity index (χ0n) is 7.66. The van der Waals surface area contributed by atoms with Gasteiger partial charge < -0.3 is 15.4 Å². The maximum atomic E-state index is 11.5. The summed E-state index contributed by atoms with van der Waals surface area (Å²) in [4.78, 5) is 23.5. The van der Waals surface area contributed by atoms with E-state index in [4.69, 9.17) is 10.5 Å². The largest absolute Gasteiger partial charge is 0.368 e. The molecule has 2 N–H and O–H groups in total. The van der Waals surface area contributed by atoms with Crippen LogP contribution in [-0.2, 0) is 14.3 Å². The van der Waals surface area contributed by atoms with Gasteiger partial charge in [0.2, 0.25) is 5.91 Å². The lowest BCUT2D eigenvalue weighted by Crippen LogP contribution is -2.50. The fourth-order valence-corrected chi connectivity index (χ4v) is 1.33. The number of primary amides is 1. The first-order chi connectivity index (χ1) is 6.15. The zero-order chi connectivity index (χ0) is 9.84. The normalized spacial score (nSPS) is 23.3. The van der Waals surface area contributed by atoms with E-state index in [0.717, 1.165) is 0 Å². The van der Waals surface area contributed by atoms with Crippen LogP contribution >= 0.6 is 0 Å². The second-order valence-corrected chi connectivity index (χ2v) is 2.99. The van der Waals surface area contributed by atoms with Crippen LogP contribution in [0.25, 0.3) is 0 Å². The molecule has 2 amide bonds. The van der Waals surface area contributed by atoms with Crippen molar-refractivity contribution in [1.82, 2.24) is 4.90 Å². The van der Waals surface area contributed by atoms with Crippen LogP contribution in [0.1, 0.15) is 13.3 Å². The van der Waals surface area contributed by atoms with E-state index in [-0.39, 0.29) is 12.5 Å². The Morgan fingerprint density at radius 1 is 1.77 bits per heavy atom.